The molecule has 0 atom stereocenters. The van der Waals surface area contributed by atoms with Crippen LogP contribution in [0.15, 0.2) is 29.4 Å². The maximum absolute atomic E-state index is 12.0. The fourth-order valence-corrected chi connectivity index (χ4v) is 2.20. The Morgan fingerprint density at radius 1 is 1.29 bits per heavy atom. The van der Waals surface area contributed by atoms with Gasteiger partial charge in [-0.2, -0.15) is 0 Å². The van der Waals surface area contributed by atoms with E-state index < -0.39 is 12.3 Å². The lowest BCUT2D eigenvalue weighted by atomic mass is 10.3. The molecule has 1 aromatic heterocycles. The van der Waals surface area contributed by atoms with Crippen LogP contribution in [0.25, 0.3) is 0 Å². The van der Waals surface area contributed by atoms with Gasteiger partial charge in [-0.05, 0) is 24.3 Å². The molecule has 6 N–H and O–H groups in total. The highest BCUT2D eigenvalue weighted by atomic mass is 32.2. The second-order valence-electron chi connectivity index (χ2n) is 4.23. The quantitative estimate of drug-likeness (QED) is 0.338. The van der Waals surface area contributed by atoms with E-state index in [0.717, 1.165) is 28.6 Å². The van der Waals surface area contributed by atoms with Crippen LogP contribution in [0.2, 0.25) is 0 Å². The highest BCUT2D eigenvalue weighted by Gasteiger charge is 2.30. The molecule has 0 fully saturated rings. The second-order valence-corrected chi connectivity index (χ2v) is 5.17. The Hall–Kier alpha value is -2.67. The molecule has 13 heteroatoms. The Bertz CT molecular complexity index is 705. The molecule has 0 saturated carbocycles. The highest BCUT2D eigenvalue weighted by molar-refractivity contribution is 7.99. The lowest BCUT2D eigenvalue weighted by Gasteiger charge is -2.09. The minimum Gasteiger partial charge on any atom is -0.406 e. The number of hydrogen-bond acceptors (Lipinski definition) is 8. The standard InChI is InChI=1S/C11H12F3N7O2S/c12-11(13,14)23-7-3-1-6(2-4-7)17-8(22)5-24-10-20-19-9(18-15)21(10)16/h1-4H,5,15-16H2,(H,17,22)(H,18,19). The predicted molar refractivity (Wildman–Crippen MR) is 80.5 cm³/mol. The van der Waals surface area contributed by atoms with Gasteiger partial charge in [0.2, 0.25) is 11.1 Å². The van der Waals surface area contributed by atoms with E-state index in [9.17, 15) is 18.0 Å². The number of rotatable bonds is 6. The van der Waals surface area contributed by atoms with E-state index in [1.165, 1.54) is 12.1 Å². The summed E-state index contributed by atoms with van der Waals surface area (Å²) in [5, 5.41) is 10.1. The third-order valence-corrected chi connectivity index (χ3v) is 3.44. The zero-order valence-electron chi connectivity index (χ0n) is 11.9. The number of nitrogens with one attached hydrogen (secondary N) is 2. The molecular formula is C11H12F3N7O2S. The Balaban J connectivity index is 1.87. The zero-order chi connectivity index (χ0) is 17.7. The maximum Gasteiger partial charge on any atom is 0.573 e. The van der Waals surface area contributed by atoms with Crippen LogP contribution in [0, 0.1) is 0 Å². The first kappa shape index (κ1) is 17.7. The fraction of sp³-hybridized carbons (Fsp3) is 0.182. The van der Waals surface area contributed by atoms with E-state index >= 15 is 0 Å². The van der Waals surface area contributed by atoms with Crippen molar-refractivity contribution >= 4 is 29.3 Å². The Labute approximate surface area is 137 Å². The summed E-state index contributed by atoms with van der Waals surface area (Å²) in [6.45, 7) is 0. The van der Waals surface area contributed by atoms with Gasteiger partial charge in [-0.1, -0.05) is 11.8 Å². The van der Waals surface area contributed by atoms with Gasteiger partial charge in [-0.25, -0.2) is 10.5 Å². The minimum atomic E-state index is -4.77. The van der Waals surface area contributed by atoms with Crippen molar-refractivity contribution in [3.05, 3.63) is 24.3 Å². The van der Waals surface area contributed by atoms with Gasteiger partial charge in [0, 0.05) is 5.69 Å². The number of halogens is 3. The Kier molecular flexibility index (Phi) is 5.35. The molecule has 1 heterocycles. The van der Waals surface area contributed by atoms with Crippen molar-refractivity contribution in [3.8, 4) is 5.75 Å². The molecule has 0 aliphatic carbocycles. The lowest BCUT2D eigenvalue weighted by molar-refractivity contribution is -0.274. The van der Waals surface area contributed by atoms with Gasteiger partial charge in [0.1, 0.15) is 5.75 Å². The largest absolute Gasteiger partial charge is 0.573 e. The number of nitrogens with zero attached hydrogens (tertiary/aromatic N) is 3. The molecule has 1 aromatic carbocycles. The van der Waals surface area contributed by atoms with Crippen LogP contribution in [-0.2, 0) is 4.79 Å². The van der Waals surface area contributed by atoms with Gasteiger partial charge < -0.3 is 15.9 Å². The van der Waals surface area contributed by atoms with Gasteiger partial charge in [0.25, 0.3) is 5.95 Å². The van der Waals surface area contributed by atoms with Gasteiger partial charge in [0.05, 0.1) is 5.75 Å². The lowest BCUT2D eigenvalue weighted by Crippen LogP contribution is -2.19. The number of carbonyl (C=O) groups is 1. The molecule has 0 aliphatic heterocycles. The molecule has 9 nitrogen and oxygen atoms in total. The van der Waals surface area contributed by atoms with Crippen LogP contribution in [0.4, 0.5) is 24.8 Å². The normalized spacial score (nSPS) is 11.2. The van der Waals surface area contributed by atoms with Gasteiger partial charge in [0.15, 0.2) is 0 Å². The molecule has 0 saturated heterocycles. The number of ether oxygens (including phenoxy) is 1. The molecule has 130 valence electrons. The summed E-state index contributed by atoms with van der Waals surface area (Å²) in [6, 6.07) is 4.74. The summed E-state index contributed by atoms with van der Waals surface area (Å²) < 4.78 is 40.9. The molecule has 0 aliphatic rings. The van der Waals surface area contributed by atoms with Crippen molar-refractivity contribution in [3.63, 3.8) is 0 Å². The average Bonchev–Trinajstić information content (AvgIpc) is 2.86. The molecule has 0 radical (unpaired) electrons. The number of nitrogens with two attached hydrogens (primary N) is 2. The molecule has 2 aromatic rings. The van der Waals surface area contributed by atoms with E-state index in [4.69, 9.17) is 11.7 Å². The third kappa shape index (κ3) is 4.92. The third-order valence-electron chi connectivity index (χ3n) is 2.50. The summed E-state index contributed by atoms with van der Waals surface area (Å²) in [4.78, 5) is 11.8. The van der Waals surface area contributed by atoms with Crippen molar-refractivity contribution in [2.24, 2.45) is 5.84 Å². The Morgan fingerprint density at radius 3 is 2.50 bits per heavy atom. The first-order valence-electron chi connectivity index (χ1n) is 6.24. The number of hydrogen-bond donors (Lipinski definition) is 4. The number of thioether (sulfide) groups is 1. The van der Waals surface area contributed by atoms with E-state index in [2.05, 4.69) is 25.7 Å². The number of amides is 1. The molecule has 0 spiro atoms. The zero-order valence-corrected chi connectivity index (χ0v) is 12.7. The minimum absolute atomic E-state index is 0.0410. The van der Waals surface area contributed by atoms with Crippen LogP contribution >= 0.6 is 11.8 Å². The smallest absolute Gasteiger partial charge is 0.406 e. The molecule has 2 rings (SSSR count). The summed E-state index contributed by atoms with van der Waals surface area (Å²) in [7, 11) is 0. The second kappa shape index (κ2) is 7.27. The van der Waals surface area contributed by atoms with E-state index in [-0.39, 0.29) is 22.6 Å². The predicted octanol–water partition coefficient (Wildman–Crippen LogP) is 0.907. The van der Waals surface area contributed by atoms with E-state index in [1.807, 2.05) is 0 Å². The summed E-state index contributed by atoms with van der Waals surface area (Å²) in [5.74, 6) is 10.1. The van der Waals surface area contributed by atoms with Gasteiger partial charge in [-0.3, -0.25) is 10.2 Å². The van der Waals surface area contributed by atoms with Crippen molar-refractivity contribution in [2.75, 3.05) is 22.3 Å². The number of hydrazine groups is 1. The van der Waals surface area contributed by atoms with Crippen molar-refractivity contribution < 1.29 is 22.7 Å². The number of aromatic nitrogens is 3. The number of nitrogen functional groups attached to an aromatic ring is 2. The molecule has 0 unspecified atom stereocenters. The Morgan fingerprint density at radius 2 is 1.96 bits per heavy atom. The van der Waals surface area contributed by atoms with Gasteiger partial charge >= 0.3 is 6.36 Å². The summed E-state index contributed by atoms with van der Waals surface area (Å²) in [5.41, 5.74) is 2.54. The van der Waals surface area contributed by atoms with Crippen LogP contribution in [0.1, 0.15) is 0 Å². The molecule has 24 heavy (non-hydrogen) atoms. The van der Waals surface area contributed by atoms with Gasteiger partial charge in [-0.15, -0.1) is 23.4 Å². The average molecular weight is 363 g/mol. The summed E-state index contributed by atoms with van der Waals surface area (Å²) in [6.07, 6.45) is -4.77. The van der Waals surface area contributed by atoms with E-state index in [0.29, 0.717) is 5.69 Å². The monoisotopic (exact) mass is 363 g/mol. The molecular weight excluding hydrogens is 351 g/mol. The van der Waals surface area contributed by atoms with Crippen LogP contribution in [0.5, 0.6) is 5.75 Å². The van der Waals surface area contributed by atoms with Crippen LogP contribution in [0.3, 0.4) is 0 Å². The van der Waals surface area contributed by atoms with Crippen LogP contribution < -0.4 is 27.2 Å². The van der Waals surface area contributed by atoms with Crippen molar-refractivity contribution in [2.45, 2.75) is 11.5 Å². The number of benzene rings is 1. The van der Waals surface area contributed by atoms with E-state index in [1.54, 1.807) is 0 Å². The number of carbonyl (C=O) groups excluding carboxylic acids is 1. The number of alkyl halides is 3. The van der Waals surface area contributed by atoms with Crippen molar-refractivity contribution in [1.82, 2.24) is 14.9 Å². The highest BCUT2D eigenvalue weighted by Crippen LogP contribution is 2.24. The topological polar surface area (TPSA) is 133 Å². The SMILES string of the molecule is NNc1nnc(SCC(=O)Nc2ccc(OC(F)(F)F)cc2)n1N. The maximum atomic E-state index is 12.0. The molecule has 0 bridgehead atoms. The van der Waals surface area contributed by atoms with Crippen LogP contribution in [-0.4, -0.2) is 32.9 Å². The first-order valence-corrected chi connectivity index (χ1v) is 7.22. The molecule has 1 amide bonds. The van der Waals surface area contributed by atoms with Crippen molar-refractivity contribution in [1.29, 1.82) is 0 Å². The fourth-order valence-electron chi connectivity index (χ4n) is 1.54. The summed E-state index contributed by atoms with van der Waals surface area (Å²) >= 11 is 1.00. The first-order chi connectivity index (χ1) is 11.3. The number of anilines is 2.